The zero-order valence-electron chi connectivity index (χ0n) is 15.2. The molecule has 0 aliphatic rings. The average Bonchev–Trinajstić information content (AvgIpc) is 2.61. The van der Waals surface area contributed by atoms with Crippen molar-refractivity contribution < 1.29 is 14.3 Å². The number of anilines is 1. The lowest BCUT2D eigenvalue weighted by atomic mass is 10.2. The van der Waals surface area contributed by atoms with E-state index in [9.17, 15) is 9.59 Å². The summed E-state index contributed by atoms with van der Waals surface area (Å²) in [5.41, 5.74) is 1.18. The van der Waals surface area contributed by atoms with Crippen LogP contribution in [-0.4, -0.2) is 36.9 Å². The fraction of sp³-hybridized carbons (Fsp3) is 0.300. The Balaban J connectivity index is 1.92. The molecule has 6 heteroatoms. The quantitative estimate of drug-likeness (QED) is 0.732. The highest BCUT2D eigenvalue weighted by Crippen LogP contribution is 2.21. The lowest BCUT2D eigenvalue weighted by molar-refractivity contribution is -0.116. The smallest absolute Gasteiger partial charge is 0.254 e. The lowest BCUT2D eigenvalue weighted by Crippen LogP contribution is -2.34. The molecule has 5 nitrogen and oxygen atoms in total. The van der Waals surface area contributed by atoms with Crippen LogP contribution >= 0.6 is 15.9 Å². The highest BCUT2D eigenvalue weighted by Gasteiger charge is 2.15. The molecule has 0 unspecified atom stereocenters. The van der Waals surface area contributed by atoms with E-state index in [1.54, 1.807) is 37.4 Å². The molecule has 0 atom stereocenters. The van der Waals surface area contributed by atoms with Crippen molar-refractivity contribution in [1.82, 2.24) is 4.90 Å². The average molecular weight is 419 g/mol. The number of halogens is 1. The Morgan fingerprint density at radius 3 is 2.38 bits per heavy atom. The van der Waals surface area contributed by atoms with Gasteiger partial charge in [-0.3, -0.25) is 9.59 Å². The summed E-state index contributed by atoms with van der Waals surface area (Å²) < 4.78 is 6.40. The topological polar surface area (TPSA) is 58.6 Å². The first-order chi connectivity index (χ1) is 12.4. The molecule has 0 saturated heterocycles. The molecule has 2 rings (SSSR count). The molecule has 1 N–H and O–H groups in total. The van der Waals surface area contributed by atoms with Crippen molar-refractivity contribution in [2.45, 2.75) is 13.8 Å². The zero-order chi connectivity index (χ0) is 19.1. The van der Waals surface area contributed by atoms with E-state index in [0.29, 0.717) is 23.8 Å². The summed E-state index contributed by atoms with van der Waals surface area (Å²) in [6.07, 6.45) is 0. The number of carbonyl (C=O) groups excluding carboxylic acids is 2. The van der Waals surface area contributed by atoms with Crippen LogP contribution in [0.3, 0.4) is 0 Å². The maximum atomic E-state index is 12.5. The number of amides is 2. The van der Waals surface area contributed by atoms with Crippen molar-refractivity contribution in [3.05, 3.63) is 58.6 Å². The van der Waals surface area contributed by atoms with E-state index in [-0.39, 0.29) is 18.4 Å². The number of likely N-dealkylation sites (N-methyl/N-ethyl adjacent to an activating group) is 1. The molecular weight excluding hydrogens is 396 g/mol. The molecule has 0 heterocycles. The number of nitrogens with one attached hydrogen (secondary N) is 1. The molecule has 0 radical (unpaired) electrons. The number of hydrogen-bond acceptors (Lipinski definition) is 3. The van der Waals surface area contributed by atoms with Gasteiger partial charge in [0.2, 0.25) is 5.91 Å². The van der Waals surface area contributed by atoms with Crippen LogP contribution in [0.4, 0.5) is 5.69 Å². The molecule has 0 spiro atoms. The molecule has 0 aliphatic carbocycles. The molecule has 0 aliphatic heterocycles. The number of carbonyl (C=O) groups is 2. The van der Waals surface area contributed by atoms with Gasteiger partial charge in [0.05, 0.1) is 18.8 Å². The summed E-state index contributed by atoms with van der Waals surface area (Å²) in [6.45, 7) is 4.74. The first-order valence-corrected chi connectivity index (χ1v) is 9.19. The van der Waals surface area contributed by atoms with Crippen molar-refractivity contribution >= 4 is 33.4 Å². The highest BCUT2D eigenvalue weighted by molar-refractivity contribution is 9.10. The fourth-order valence-electron chi connectivity index (χ4n) is 2.22. The van der Waals surface area contributed by atoms with E-state index >= 15 is 0 Å². The van der Waals surface area contributed by atoms with Gasteiger partial charge in [-0.15, -0.1) is 0 Å². The number of ether oxygens (including phenoxy) is 1. The van der Waals surface area contributed by atoms with Crippen molar-refractivity contribution in [3.63, 3.8) is 0 Å². The summed E-state index contributed by atoms with van der Waals surface area (Å²) >= 11 is 3.38. The van der Waals surface area contributed by atoms with Crippen molar-refractivity contribution in [2.75, 3.05) is 25.5 Å². The van der Waals surface area contributed by atoms with Gasteiger partial charge in [-0.1, -0.05) is 26.0 Å². The molecule has 0 aromatic heterocycles. The Morgan fingerprint density at radius 1 is 1.12 bits per heavy atom. The standard InChI is InChI=1S/C20H23BrN2O3/c1-14(2)13-26-16-10-8-15(9-11-16)20(25)23(3)12-19(24)22-18-7-5-4-6-17(18)21/h4-11,14H,12-13H2,1-3H3,(H,22,24). The highest BCUT2D eigenvalue weighted by atomic mass is 79.9. The maximum Gasteiger partial charge on any atom is 0.254 e. The van der Waals surface area contributed by atoms with Crippen LogP contribution in [0.15, 0.2) is 53.0 Å². The van der Waals surface area contributed by atoms with Crippen LogP contribution in [-0.2, 0) is 4.79 Å². The summed E-state index contributed by atoms with van der Waals surface area (Å²) in [4.78, 5) is 26.0. The van der Waals surface area contributed by atoms with Gasteiger partial charge in [-0.05, 0) is 58.2 Å². The number of rotatable bonds is 7. The molecule has 138 valence electrons. The predicted octanol–water partition coefficient (Wildman–Crippen LogP) is 4.19. The van der Waals surface area contributed by atoms with Crippen LogP contribution in [0, 0.1) is 5.92 Å². The lowest BCUT2D eigenvalue weighted by Gasteiger charge is -2.17. The van der Waals surface area contributed by atoms with Gasteiger partial charge in [-0.25, -0.2) is 0 Å². The predicted molar refractivity (Wildman–Crippen MR) is 107 cm³/mol. The minimum Gasteiger partial charge on any atom is -0.493 e. The Bertz CT molecular complexity index is 760. The molecule has 0 bridgehead atoms. The number of hydrogen-bond donors (Lipinski definition) is 1. The van der Waals surface area contributed by atoms with Gasteiger partial charge in [0.1, 0.15) is 5.75 Å². The molecule has 2 amide bonds. The number of nitrogens with zero attached hydrogens (tertiary/aromatic N) is 1. The van der Waals surface area contributed by atoms with Crippen LogP contribution in [0.1, 0.15) is 24.2 Å². The summed E-state index contributed by atoms with van der Waals surface area (Å²) in [6, 6.07) is 14.3. The van der Waals surface area contributed by atoms with E-state index in [1.165, 1.54) is 4.90 Å². The Hall–Kier alpha value is -2.34. The molecule has 0 saturated carbocycles. The first kappa shape index (κ1) is 20.0. The molecule has 0 fully saturated rings. The molecule has 26 heavy (non-hydrogen) atoms. The van der Waals surface area contributed by atoms with Gasteiger partial charge in [0.15, 0.2) is 0 Å². The summed E-state index contributed by atoms with van der Waals surface area (Å²) in [7, 11) is 1.60. The SMILES string of the molecule is CC(C)COc1ccc(C(=O)N(C)CC(=O)Nc2ccccc2Br)cc1. The Kier molecular flexibility index (Phi) is 7.21. The van der Waals surface area contributed by atoms with Crippen LogP contribution < -0.4 is 10.1 Å². The van der Waals surface area contributed by atoms with Crippen molar-refractivity contribution in [3.8, 4) is 5.75 Å². The van der Waals surface area contributed by atoms with Crippen molar-refractivity contribution in [1.29, 1.82) is 0 Å². The van der Waals surface area contributed by atoms with Crippen LogP contribution in [0.25, 0.3) is 0 Å². The van der Waals surface area contributed by atoms with E-state index in [4.69, 9.17) is 4.74 Å². The first-order valence-electron chi connectivity index (χ1n) is 8.39. The zero-order valence-corrected chi connectivity index (χ0v) is 16.7. The normalized spacial score (nSPS) is 10.5. The molecule has 2 aromatic rings. The monoisotopic (exact) mass is 418 g/mol. The van der Waals surface area contributed by atoms with Gasteiger partial charge >= 0.3 is 0 Å². The third-order valence-corrected chi connectivity index (χ3v) is 4.25. The molecule has 2 aromatic carbocycles. The van der Waals surface area contributed by atoms with E-state index in [1.807, 2.05) is 18.2 Å². The Labute approximate surface area is 162 Å². The second-order valence-electron chi connectivity index (χ2n) is 6.42. The third-order valence-electron chi connectivity index (χ3n) is 3.56. The summed E-state index contributed by atoms with van der Waals surface area (Å²) in [5.74, 6) is 0.683. The second kappa shape index (κ2) is 9.38. The van der Waals surface area contributed by atoms with Gasteiger partial charge in [0.25, 0.3) is 5.91 Å². The van der Waals surface area contributed by atoms with Gasteiger partial charge in [-0.2, -0.15) is 0 Å². The minimum atomic E-state index is -0.260. The Morgan fingerprint density at radius 2 is 1.77 bits per heavy atom. The van der Waals surface area contributed by atoms with E-state index in [0.717, 1.165) is 10.2 Å². The maximum absolute atomic E-state index is 12.5. The second-order valence-corrected chi connectivity index (χ2v) is 7.27. The van der Waals surface area contributed by atoms with Gasteiger partial charge < -0.3 is 15.0 Å². The third kappa shape index (κ3) is 5.88. The largest absolute Gasteiger partial charge is 0.493 e. The van der Waals surface area contributed by atoms with Crippen LogP contribution in [0.2, 0.25) is 0 Å². The summed E-state index contributed by atoms with van der Waals surface area (Å²) in [5, 5.41) is 2.78. The minimum absolute atomic E-state index is 0.0359. The number of para-hydroxylation sites is 1. The van der Waals surface area contributed by atoms with E-state index in [2.05, 4.69) is 35.1 Å². The van der Waals surface area contributed by atoms with Crippen molar-refractivity contribution in [2.24, 2.45) is 5.92 Å². The molecular formula is C20H23BrN2O3. The van der Waals surface area contributed by atoms with Gasteiger partial charge in [0, 0.05) is 17.1 Å². The van der Waals surface area contributed by atoms with E-state index < -0.39 is 0 Å². The van der Waals surface area contributed by atoms with Crippen LogP contribution in [0.5, 0.6) is 5.75 Å². The number of benzene rings is 2. The fourth-order valence-corrected chi connectivity index (χ4v) is 2.60.